The second-order valence-electron chi connectivity index (χ2n) is 3.66. The lowest BCUT2D eigenvalue weighted by Gasteiger charge is -2.25. The largest absolute Gasteiger partial charge is 0.383 e. The van der Waals surface area contributed by atoms with Gasteiger partial charge >= 0.3 is 0 Å². The van der Waals surface area contributed by atoms with Gasteiger partial charge in [0, 0.05) is 43.3 Å². The SMILES string of the molecule is CCN(CCOC)c1cc(C)ncc1CCl. The molecule has 1 rings (SSSR count). The Balaban J connectivity index is 2.92. The van der Waals surface area contributed by atoms with E-state index in [9.17, 15) is 0 Å². The van der Waals surface area contributed by atoms with Gasteiger partial charge in [0.2, 0.25) is 0 Å². The zero-order valence-corrected chi connectivity index (χ0v) is 10.9. The van der Waals surface area contributed by atoms with Crippen molar-refractivity contribution in [1.82, 2.24) is 4.98 Å². The maximum atomic E-state index is 5.92. The van der Waals surface area contributed by atoms with Crippen molar-refractivity contribution >= 4 is 17.3 Å². The minimum Gasteiger partial charge on any atom is -0.383 e. The number of alkyl halides is 1. The van der Waals surface area contributed by atoms with Crippen LogP contribution in [0.5, 0.6) is 0 Å². The highest BCUT2D eigenvalue weighted by Crippen LogP contribution is 2.22. The number of anilines is 1. The number of pyridine rings is 1. The van der Waals surface area contributed by atoms with Crippen molar-refractivity contribution in [2.45, 2.75) is 19.7 Å². The first-order chi connectivity index (χ1) is 7.72. The van der Waals surface area contributed by atoms with Crippen molar-refractivity contribution in [2.75, 3.05) is 31.7 Å². The second-order valence-corrected chi connectivity index (χ2v) is 3.93. The Kier molecular flexibility index (Phi) is 5.56. The maximum absolute atomic E-state index is 5.92. The van der Waals surface area contributed by atoms with Gasteiger partial charge in [-0.25, -0.2) is 0 Å². The smallest absolute Gasteiger partial charge is 0.0637 e. The third-order valence-corrected chi connectivity index (χ3v) is 2.82. The van der Waals surface area contributed by atoms with Gasteiger partial charge in [0.25, 0.3) is 0 Å². The van der Waals surface area contributed by atoms with Crippen LogP contribution in [0, 0.1) is 6.92 Å². The fourth-order valence-corrected chi connectivity index (χ4v) is 1.83. The van der Waals surface area contributed by atoms with Crippen LogP contribution in [0.15, 0.2) is 12.3 Å². The van der Waals surface area contributed by atoms with Crippen LogP contribution >= 0.6 is 11.6 Å². The van der Waals surface area contributed by atoms with E-state index in [0.29, 0.717) is 5.88 Å². The van der Waals surface area contributed by atoms with Crippen molar-refractivity contribution in [3.8, 4) is 0 Å². The van der Waals surface area contributed by atoms with Gasteiger partial charge in [-0.15, -0.1) is 11.6 Å². The molecule has 1 aromatic heterocycles. The van der Waals surface area contributed by atoms with Crippen molar-refractivity contribution in [3.63, 3.8) is 0 Å². The fraction of sp³-hybridized carbons (Fsp3) is 0.583. The van der Waals surface area contributed by atoms with Gasteiger partial charge in [0.1, 0.15) is 0 Å². The van der Waals surface area contributed by atoms with Gasteiger partial charge in [-0.2, -0.15) is 0 Å². The topological polar surface area (TPSA) is 25.4 Å². The second kappa shape index (κ2) is 6.71. The maximum Gasteiger partial charge on any atom is 0.0637 e. The van der Waals surface area contributed by atoms with Crippen LogP contribution in [0.1, 0.15) is 18.2 Å². The molecule has 0 spiro atoms. The lowest BCUT2D eigenvalue weighted by Crippen LogP contribution is -2.27. The van der Waals surface area contributed by atoms with Crippen LogP contribution in [0.3, 0.4) is 0 Å². The van der Waals surface area contributed by atoms with Crippen LogP contribution in [0.4, 0.5) is 5.69 Å². The van der Waals surface area contributed by atoms with E-state index >= 15 is 0 Å². The molecule has 0 atom stereocenters. The number of ether oxygens (including phenoxy) is 1. The van der Waals surface area contributed by atoms with Crippen LogP contribution < -0.4 is 4.90 Å². The summed E-state index contributed by atoms with van der Waals surface area (Å²) in [4.78, 5) is 6.53. The predicted molar refractivity (Wildman–Crippen MR) is 68.3 cm³/mol. The van der Waals surface area contributed by atoms with Gasteiger partial charge in [-0.3, -0.25) is 4.98 Å². The number of aryl methyl sites for hydroxylation is 1. The van der Waals surface area contributed by atoms with Crippen LogP contribution in [0.25, 0.3) is 0 Å². The third kappa shape index (κ3) is 3.35. The lowest BCUT2D eigenvalue weighted by atomic mass is 10.2. The van der Waals surface area contributed by atoms with E-state index in [1.165, 1.54) is 5.69 Å². The standard InChI is InChI=1S/C12H19ClN2O/c1-4-15(5-6-16-3)12-7-10(2)14-9-11(12)8-13/h7,9H,4-6,8H2,1-3H3. The average Bonchev–Trinajstić information content (AvgIpc) is 2.30. The summed E-state index contributed by atoms with van der Waals surface area (Å²) in [6, 6.07) is 2.08. The summed E-state index contributed by atoms with van der Waals surface area (Å²) in [5, 5.41) is 0. The summed E-state index contributed by atoms with van der Waals surface area (Å²) in [5.74, 6) is 0.492. The quantitative estimate of drug-likeness (QED) is 0.717. The molecular weight excluding hydrogens is 224 g/mol. The van der Waals surface area contributed by atoms with Crippen molar-refractivity contribution in [2.24, 2.45) is 0 Å². The Morgan fingerprint density at radius 1 is 1.50 bits per heavy atom. The number of halogens is 1. The van der Waals surface area contributed by atoms with E-state index in [1.807, 2.05) is 13.1 Å². The van der Waals surface area contributed by atoms with Crippen molar-refractivity contribution in [3.05, 3.63) is 23.5 Å². The first-order valence-corrected chi connectivity index (χ1v) is 6.01. The van der Waals surface area contributed by atoms with Crippen molar-refractivity contribution < 1.29 is 4.74 Å². The molecule has 0 unspecified atom stereocenters. The van der Waals surface area contributed by atoms with E-state index in [1.54, 1.807) is 7.11 Å². The molecule has 0 aliphatic rings. The summed E-state index contributed by atoms with van der Waals surface area (Å²) < 4.78 is 5.11. The lowest BCUT2D eigenvalue weighted by molar-refractivity contribution is 0.205. The molecule has 0 fully saturated rings. The van der Waals surface area contributed by atoms with Crippen LogP contribution in [-0.2, 0) is 10.6 Å². The highest BCUT2D eigenvalue weighted by atomic mass is 35.5. The highest BCUT2D eigenvalue weighted by Gasteiger charge is 2.09. The number of methoxy groups -OCH3 is 1. The zero-order chi connectivity index (χ0) is 12.0. The number of likely N-dealkylation sites (N-methyl/N-ethyl adjacent to an activating group) is 1. The Morgan fingerprint density at radius 2 is 2.25 bits per heavy atom. The molecule has 16 heavy (non-hydrogen) atoms. The number of rotatable bonds is 6. The fourth-order valence-electron chi connectivity index (χ4n) is 1.62. The number of hydrogen-bond donors (Lipinski definition) is 0. The Bertz CT molecular complexity index is 331. The number of nitrogens with zero attached hydrogens (tertiary/aromatic N) is 2. The van der Waals surface area contributed by atoms with Gasteiger partial charge in [-0.05, 0) is 19.9 Å². The zero-order valence-electron chi connectivity index (χ0n) is 10.2. The molecule has 90 valence electrons. The molecule has 0 saturated heterocycles. The Morgan fingerprint density at radius 3 is 2.81 bits per heavy atom. The van der Waals surface area contributed by atoms with E-state index in [4.69, 9.17) is 16.3 Å². The molecule has 0 amide bonds. The highest BCUT2D eigenvalue weighted by molar-refractivity contribution is 6.17. The summed E-state index contributed by atoms with van der Waals surface area (Å²) in [6.45, 7) is 6.66. The predicted octanol–water partition coefficient (Wildman–Crippen LogP) is 2.60. The Labute approximate surface area is 102 Å². The number of hydrogen-bond acceptors (Lipinski definition) is 3. The molecule has 0 saturated carbocycles. The molecule has 0 radical (unpaired) electrons. The summed E-state index contributed by atoms with van der Waals surface area (Å²) >= 11 is 5.92. The van der Waals surface area contributed by atoms with E-state index < -0.39 is 0 Å². The molecule has 1 aromatic rings. The molecule has 0 aliphatic heterocycles. The molecule has 0 aliphatic carbocycles. The van der Waals surface area contributed by atoms with E-state index in [-0.39, 0.29) is 0 Å². The van der Waals surface area contributed by atoms with E-state index in [2.05, 4.69) is 22.9 Å². The molecule has 3 nitrogen and oxygen atoms in total. The number of aromatic nitrogens is 1. The molecule has 0 bridgehead atoms. The average molecular weight is 243 g/mol. The van der Waals surface area contributed by atoms with Gasteiger partial charge in [0.05, 0.1) is 12.5 Å². The minimum absolute atomic E-state index is 0.492. The summed E-state index contributed by atoms with van der Waals surface area (Å²) in [6.07, 6.45) is 1.85. The Hall–Kier alpha value is -0.800. The van der Waals surface area contributed by atoms with Crippen molar-refractivity contribution in [1.29, 1.82) is 0 Å². The van der Waals surface area contributed by atoms with Gasteiger partial charge < -0.3 is 9.64 Å². The van der Waals surface area contributed by atoms with Crippen LogP contribution in [-0.4, -0.2) is 31.8 Å². The molecule has 0 N–H and O–H groups in total. The normalized spacial score (nSPS) is 10.5. The monoisotopic (exact) mass is 242 g/mol. The summed E-state index contributed by atoms with van der Waals surface area (Å²) in [7, 11) is 1.72. The molecule has 0 aromatic carbocycles. The first kappa shape index (κ1) is 13.3. The molecule has 4 heteroatoms. The summed E-state index contributed by atoms with van der Waals surface area (Å²) in [5.41, 5.74) is 3.26. The minimum atomic E-state index is 0.492. The molecular formula is C12H19ClN2O. The van der Waals surface area contributed by atoms with Gasteiger partial charge in [0.15, 0.2) is 0 Å². The molecule has 1 heterocycles. The first-order valence-electron chi connectivity index (χ1n) is 5.48. The van der Waals surface area contributed by atoms with Gasteiger partial charge in [-0.1, -0.05) is 0 Å². The van der Waals surface area contributed by atoms with Crippen LogP contribution in [0.2, 0.25) is 0 Å². The third-order valence-electron chi connectivity index (χ3n) is 2.53. The van der Waals surface area contributed by atoms with E-state index in [0.717, 1.165) is 31.0 Å².